The number of anilines is 2. The maximum atomic E-state index is 14.5. The lowest BCUT2D eigenvalue weighted by Crippen LogP contribution is -2.34. The van der Waals surface area contributed by atoms with E-state index in [9.17, 15) is 31.7 Å². The lowest BCUT2D eigenvalue weighted by molar-refractivity contribution is -0.142. The van der Waals surface area contributed by atoms with Crippen LogP contribution in [0.25, 0.3) is 0 Å². The summed E-state index contributed by atoms with van der Waals surface area (Å²) in [6.45, 7) is 2.04. The van der Waals surface area contributed by atoms with Crippen LogP contribution in [-0.2, 0) is 61.6 Å². The van der Waals surface area contributed by atoms with Crippen LogP contribution in [0.4, 0.5) is 28.9 Å². The van der Waals surface area contributed by atoms with Crippen LogP contribution in [0.3, 0.4) is 0 Å². The van der Waals surface area contributed by atoms with Crippen LogP contribution in [0.5, 0.6) is 0 Å². The van der Waals surface area contributed by atoms with E-state index in [0.29, 0.717) is 11.1 Å². The van der Waals surface area contributed by atoms with Crippen LogP contribution < -0.4 is 9.80 Å². The quantitative estimate of drug-likeness (QED) is 0.188. The second-order valence-electron chi connectivity index (χ2n) is 10.3. The molecule has 18 heteroatoms. The van der Waals surface area contributed by atoms with Gasteiger partial charge >= 0.3 is 31.9 Å². The van der Waals surface area contributed by atoms with E-state index in [0.717, 1.165) is 19.2 Å². The molecule has 2 aliphatic rings. The molecule has 4 aromatic rings. The molecule has 2 aliphatic heterocycles. The van der Waals surface area contributed by atoms with E-state index in [1.165, 1.54) is 36.7 Å². The number of hydrogen-bond acceptors (Lipinski definition) is 9. The van der Waals surface area contributed by atoms with E-state index in [2.05, 4.69) is 20.6 Å². The molecule has 0 spiro atoms. The van der Waals surface area contributed by atoms with E-state index in [4.69, 9.17) is 9.05 Å². The van der Waals surface area contributed by atoms with Gasteiger partial charge in [-0.3, -0.25) is 23.2 Å². The largest absolute Gasteiger partial charge is 0.352 e. The summed E-state index contributed by atoms with van der Waals surface area (Å²) in [7, 11) is -3.10. The lowest BCUT2D eigenvalue weighted by atomic mass is 10.1. The molecule has 0 bridgehead atoms. The monoisotopic (exact) mass is 634 g/mol. The molecular weight excluding hydrogens is 611 g/mol. The number of hydrogen-bond donors (Lipinski definition) is 0. The summed E-state index contributed by atoms with van der Waals surface area (Å²) < 4.78 is 82.9. The molecule has 44 heavy (non-hydrogen) atoms. The SMILES string of the molecule is Cc1ccc2c(c1)C(F)(F)C(=O)N2Cc1cn(CO[PH](=O)OCn2cc(CN3C(=O)C(F)(F)c4cc(C)ccc43)nn2)nn1. The smallest absolute Gasteiger partial charge is 0.300 e. The molecule has 0 saturated carbocycles. The Morgan fingerprint density at radius 3 is 1.55 bits per heavy atom. The Hall–Kier alpha value is -4.47. The fraction of sp³-hybridized carbons (Fsp3) is 0.308. The molecule has 6 rings (SSSR count). The molecule has 13 nitrogen and oxygen atoms in total. The van der Waals surface area contributed by atoms with Crippen molar-refractivity contribution in [2.24, 2.45) is 0 Å². The number of alkyl halides is 4. The molecule has 2 amide bonds. The molecular formula is C26H23F4N8O5P. The maximum Gasteiger partial charge on any atom is 0.352 e. The molecule has 0 aliphatic carbocycles. The van der Waals surface area contributed by atoms with Gasteiger partial charge in [0.05, 0.1) is 48.0 Å². The number of carbonyl (C=O) groups is 2. The summed E-state index contributed by atoms with van der Waals surface area (Å²) in [5, 5.41) is 15.3. The Bertz CT molecular complexity index is 1680. The number of nitrogens with zero attached hydrogens (tertiary/aromatic N) is 8. The molecule has 230 valence electrons. The molecule has 2 aromatic carbocycles. The summed E-state index contributed by atoms with van der Waals surface area (Å²) in [6, 6.07) is 8.68. The summed E-state index contributed by atoms with van der Waals surface area (Å²) in [5.41, 5.74) is 0.972. The van der Waals surface area contributed by atoms with Gasteiger partial charge in [-0.25, -0.2) is 9.36 Å². The number of aromatic nitrogens is 6. The molecule has 0 atom stereocenters. The van der Waals surface area contributed by atoms with Gasteiger partial charge in [-0.15, -0.1) is 10.2 Å². The van der Waals surface area contributed by atoms with E-state index in [1.54, 1.807) is 26.0 Å². The van der Waals surface area contributed by atoms with Crippen LogP contribution in [-0.4, -0.2) is 41.8 Å². The van der Waals surface area contributed by atoms with Gasteiger partial charge in [-0.1, -0.05) is 33.7 Å². The summed E-state index contributed by atoms with van der Waals surface area (Å²) >= 11 is 0. The zero-order valence-corrected chi connectivity index (χ0v) is 24.1. The van der Waals surface area contributed by atoms with Gasteiger partial charge in [0.1, 0.15) is 24.8 Å². The van der Waals surface area contributed by atoms with Gasteiger partial charge in [-0.2, -0.15) is 17.6 Å². The molecule has 0 radical (unpaired) electrons. The first-order valence-corrected chi connectivity index (χ1v) is 14.3. The molecule has 0 unspecified atom stereocenters. The number of carbonyl (C=O) groups excluding carboxylic acids is 2. The van der Waals surface area contributed by atoms with Crippen molar-refractivity contribution in [1.82, 2.24) is 30.0 Å². The van der Waals surface area contributed by atoms with Gasteiger partial charge in [0, 0.05) is 0 Å². The third-order valence-electron chi connectivity index (χ3n) is 7.03. The number of rotatable bonds is 10. The zero-order chi connectivity index (χ0) is 31.4. The third-order valence-corrected chi connectivity index (χ3v) is 7.76. The van der Waals surface area contributed by atoms with E-state index >= 15 is 0 Å². The van der Waals surface area contributed by atoms with Crippen molar-refractivity contribution in [1.29, 1.82) is 0 Å². The molecule has 4 heterocycles. The number of benzene rings is 2. The number of aryl methyl sites for hydroxylation is 2. The highest BCUT2D eigenvalue weighted by Crippen LogP contribution is 2.46. The van der Waals surface area contributed by atoms with Crippen LogP contribution >= 0.6 is 8.25 Å². The van der Waals surface area contributed by atoms with Crippen LogP contribution in [0.1, 0.15) is 33.6 Å². The highest BCUT2D eigenvalue weighted by Gasteiger charge is 2.54. The molecule has 0 saturated heterocycles. The first kappa shape index (κ1) is 29.6. The fourth-order valence-electron chi connectivity index (χ4n) is 4.93. The van der Waals surface area contributed by atoms with Crippen molar-refractivity contribution in [2.75, 3.05) is 9.80 Å². The number of fused-ring (bicyclic) bond motifs is 2. The average Bonchev–Trinajstić information content (AvgIpc) is 3.71. The minimum Gasteiger partial charge on any atom is -0.300 e. The highest BCUT2D eigenvalue weighted by molar-refractivity contribution is 7.33. The van der Waals surface area contributed by atoms with Crippen molar-refractivity contribution >= 4 is 31.4 Å². The van der Waals surface area contributed by atoms with E-state index in [-0.39, 0.29) is 60.4 Å². The predicted octanol–water partition coefficient (Wildman–Crippen LogP) is 3.80. The Labute approximate surface area is 246 Å². The topological polar surface area (TPSA) is 138 Å². The van der Waals surface area contributed by atoms with Gasteiger partial charge in [0.15, 0.2) is 0 Å². The lowest BCUT2D eigenvalue weighted by Gasteiger charge is -2.15. The average molecular weight is 634 g/mol. The second kappa shape index (κ2) is 10.9. The fourth-order valence-corrected chi connectivity index (χ4v) is 5.49. The van der Waals surface area contributed by atoms with E-state index in [1.807, 2.05) is 0 Å². The predicted molar refractivity (Wildman–Crippen MR) is 144 cm³/mol. The Morgan fingerprint density at radius 1 is 0.727 bits per heavy atom. The summed E-state index contributed by atoms with van der Waals surface area (Å²) in [6.07, 6.45) is 2.69. The summed E-state index contributed by atoms with van der Waals surface area (Å²) in [4.78, 5) is 26.6. The first-order valence-electron chi connectivity index (χ1n) is 13.0. The Kier molecular flexibility index (Phi) is 7.34. The highest BCUT2D eigenvalue weighted by atomic mass is 31.1. The van der Waals surface area contributed by atoms with Crippen LogP contribution in [0.15, 0.2) is 48.8 Å². The molecule has 0 N–H and O–H groups in total. The second-order valence-corrected chi connectivity index (χ2v) is 11.3. The Balaban J connectivity index is 1.01. The van der Waals surface area contributed by atoms with Crippen LogP contribution in [0, 0.1) is 13.8 Å². The Morgan fingerprint density at radius 2 is 1.14 bits per heavy atom. The number of amides is 2. The van der Waals surface area contributed by atoms with E-state index < -0.39 is 31.9 Å². The van der Waals surface area contributed by atoms with Crippen molar-refractivity contribution in [3.8, 4) is 0 Å². The van der Waals surface area contributed by atoms with Crippen LogP contribution in [0.2, 0.25) is 0 Å². The maximum absolute atomic E-state index is 14.5. The van der Waals surface area contributed by atoms with Gasteiger partial charge in [0.2, 0.25) is 0 Å². The van der Waals surface area contributed by atoms with Gasteiger partial charge < -0.3 is 9.80 Å². The van der Waals surface area contributed by atoms with Crippen molar-refractivity contribution in [2.45, 2.75) is 52.2 Å². The van der Waals surface area contributed by atoms with Crippen molar-refractivity contribution in [3.05, 3.63) is 82.4 Å². The minimum absolute atomic E-state index is 0.0796. The minimum atomic E-state index is -3.66. The van der Waals surface area contributed by atoms with Crippen molar-refractivity contribution in [3.63, 3.8) is 0 Å². The van der Waals surface area contributed by atoms with Crippen molar-refractivity contribution < 1.29 is 40.8 Å². The zero-order valence-electron chi connectivity index (χ0n) is 23.1. The van der Waals surface area contributed by atoms with Gasteiger partial charge in [-0.05, 0) is 38.1 Å². The third kappa shape index (κ3) is 5.27. The summed E-state index contributed by atoms with van der Waals surface area (Å²) in [5.74, 6) is -10.1. The normalized spacial score (nSPS) is 16.7. The van der Waals surface area contributed by atoms with Gasteiger partial charge in [0.25, 0.3) is 0 Å². The first-order chi connectivity index (χ1) is 20.8. The molecule has 2 aromatic heterocycles. The standard InChI is InChI=1S/C26H23F4N8O5P/c1-15-3-5-21-19(7-15)25(27,28)23(39)37(21)11-17-9-35(33-31-17)13-42-44(41)43-14-36-10-18(32-34-36)12-38-22-6-4-16(2)8-20(22)26(29,30)24(38)40/h3-10,44H,11-14H2,1-2H3. The molecule has 0 fully saturated rings. The number of halogens is 4.